The Balaban J connectivity index is 1.98. The molecule has 18 heavy (non-hydrogen) atoms. The summed E-state index contributed by atoms with van der Waals surface area (Å²) in [5, 5.41) is 9.15. The van der Waals surface area contributed by atoms with Crippen LogP contribution in [0.3, 0.4) is 0 Å². The molecule has 1 aromatic carbocycles. The van der Waals surface area contributed by atoms with E-state index in [-0.39, 0.29) is 6.61 Å². The lowest BCUT2D eigenvalue weighted by Gasteiger charge is -2.31. The third-order valence-corrected chi connectivity index (χ3v) is 2.94. The number of rotatable bonds is 2. The first-order valence-electron chi connectivity index (χ1n) is 5.68. The molecule has 6 nitrogen and oxygen atoms in total. The summed E-state index contributed by atoms with van der Waals surface area (Å²) in [5.41, 5.74) is 1.38. The SMILES string of the molecule is O=C(O)C1COCCN1c1nc2ccccc2o1. The van der Waals surface area contributed by atoms with Crippen molar-refractivity contribution in [3.8, 4) is 0 Å². The van der Waals surface area contributed by atoms with Crippen LogP contribution in [0.1, 0.15) is 0 Å². The molecule has 0 amide bonds. The van der Waals surface area contributed by atoms with Gasteiger partial charge in [-0.05, 0) is 12.1 Å². The number of fused-ring (bicyclic) bond motifs is 1. The van der Waals surface area contributed by atoms with Gasteiger partial charge in [-0.3, -0.25) is 0 Å². The maximum absolute atomic E-state index is 11.2. The Morgan fingerprint density at radius 3 is 3.06 bits per heavy atom. The highest BCUT2D eigenvalue weighted by Crippen LogP contribution is 2.24. The minimum Gasteiger partial charge on any atom is -0.480 e. The van der Waals surface area contributed by atoms with E-state index >= 15 is 0 Å². The van der Waals surface area contributed by atoms with Gasteiger partial charge in [-0.2, -0.15) is 4.98 Å². The monoisotopic (exact) mass is 248 g/mol. The first-order chi connectivity index (χ1) is 8.75. The summed E-state index contributed by atoms with van der Waals surface area (Å²) in [6.45, 7) is 1.08. The molecule has 2 aromatic rings. The van der Waals surface area contributed by atoms with Gasteiger partial charge in [0.2, 0.25) is 0 Å². The zero-order chi connectivity index (χ0) is 12.5. The predicted molar refractivity (Wildman–Crippen MR) is 63.6 cm³/mol. The summed E-state index contributed by atoms with van der Waals surface area (Å²) < 4.78 is 10.8. The number of oxazole rings is 1. The fourth-order valence-corrected chi connectivity index (χ4v) is 2.02. The van der Waals surface area contributed by atoms with Crippen LogP contribution in [-0.4, -0.2) is 41.9 Å². The Labute approximate surface area is 103 Å². The number of aromatic nitrogens is 1. The Morgan fingerprint density at radius 2 is 2.28 bits per heavy atom. The van der Waals surface area contributed by atoms with Gasteiger partial charge in [0.25, 0.3) is 6.01 Å². The number of benzene rings is 1. The van der Waals surface area contributed by atoms with Crippen LogP contribution >= 0.6 is 0 Å². The molecule has 0 saturated carbocycles. The number of para-hydroxylation sites is 2. The number of aliphatic carboxylic acids is 1. The highest BCUT2D eigenvalue weighted by Gasteiger charge is 2.32. The first-order valence-corrected chi connectivity index (χ1v) is 5.68. The average molecular weight is 248 g/mol. The topological polar surface area (TPSA) is 75.8 Å². The molecule has 0 aliphatic carbocycles. The molecular formula is C12H12N2O4. The van der Waals surface area contributed by atoms with Crippen LogP contribution in [0.25, 0.3) is 11.1 Å². The summed E-state index contributed by atoms with van der Waals surface area (Å²) in [5.74, 6) is -0.933. The fraction of sp³-hybridized carbons (Fsp3) is 0.333. The molecule has 1 fully saturated rings. The summed E-state index contributed by atoms with van der Waals surface area (Å²) in [4.78, 5) is 17.1. The lowest BCUT2D eigenvalue weighted by molar-refractivity contribution is -0.141. The van der Waals surface area contributed by atoms with Crippen molar-refractivity contribution in [1.29, 1.82) is 0 Å². The fourth-order valence-electron chi connectivity index (χ4n) is 2.02. The molecule has 6 heteroatoms. The largest absolute Gasteiger partial charge is 0.480 e. The average Bonchev–Trinajstić information content (AvgIpc) is 2.82. The normalized spacial score (nSPS) is 20.2. The van der Waals surface area contributed by atoms with E-state index in [9.17, 15) is 4.79 Å². The van der Waals surface area contributed by atoms with Crippen LogP contribution < -0.4 is 4.90 Å². The molecule has 0 spiro atoms. The summed E-state index contributed by atoms with van der Waals surface area (Å²) in [7, 11) is 0. The molecule has 94 valence electrons. The number of morpholine rings is 1. The third kappa shape index (κ3) is 1.80. The Kier molecular flexibility index (Phi) is 2.64. The van der Waals surface area contributed by atoms with Crippen LogP contribution in [0.5, 0.6) is 0 Å². The van der Waals surface area contributed by atoms with E-state index in [1.807, 2.05) is 24.3 Å². The molecule has 0 bridgehead atoms. The molecule has 1 unspecified atom stereocenters. The van der Waals surface area contributed by atoms with Gasteiger partial charge < -0.3 is 19.2 Å². The molecule has 1 aliphatic heterocycles. The summed E-state index contributed by atoms with van der Waals surface area (Å²) in [6.07, 6.45) is 0. The standard InChI is InChI=1S/C12H12N2O4/c15-11(16)9-7-17-6-5-14(9)12-13-8-3-1-2-4-10(8)18-12/h1-4,9H,5-7H2,(H,15,16). The van der Waals surface area contributed by atoms with Gasteiger partial charge in [-0.25, -0.2) is 4.79 Å². The maximum atomic E-state index is 11.2. The van der Waals surface area contributed by atoms with Crippen LogP contribution in [0.15, 0.2) is 28.7 Å². The number of carboxylic acid groups (broad SMARTS) is 1. The van der Waals surface area contributed by atoms with E-state index in [0.717, 1.165) is 5.52 Å². The zero-order valence-corrected chi connectivity index (χ0v) is 9.57. The zero-order valence-electron chi connectivity index (χ0n) is 9.57. The maximum Gasteiger partial charge on any atom is 0.328 e. The number of carboxylic acids is 1. The van der Waals surface area contributed by atoms with Crippen LogP contribution in [0.2, 0.25) is 0 Å². The van der Waals surface area contributed by atoms with Crippen LogP contribution in [0, 0.1) is 0 Å². The van der Waals surface area contributed by atoms with Crippen molar-refractivity contribution in [2.75, 3.05) is 24.7 Å². The van der Waals surface area contributed by atoms with Crippen molar-refractivity contribution in [2.24, 2.45) is 0 Å². The van der Waals surface area contributed by atoms with E-state index in [2.05, 4.69) is 4.98 Å². The Hall–Kier alpha value is -2.08. The van der Waals surface area contributed by atoms with Gasteiger partial charge in [-0.15, -0.1) is 0 Å². The number of ether oxygens (including phenoxy) is 1. The number of carbonyl (C=O) groups is 1. The van der Waals surface area contributed by atoms with E-state index in [1.54, 1.807) is 4.90 Å². The molecule has 1 atom stereocenters. The molecule has 3 rings (SSSR count). The van der Waals surface area contributed by atoms with Crippen molar-refractivity contribution in [2.45, 2.75) is 6.04 Å². The van der Waals surface area contributed by atoms with Crippen molar-refractivity contribution >= 4 is 23.1 Å². The van der Waals surface area contributed by atoms with Gasteiger partial charge in [-0.1, -0.05) is 12.1 Å². The predicted octanol–water partition coefficient (Wildman–Crippen LogP) is 1.12. The number of anilines is 1. The van der Waals surface area contributed by atoms with E-state index in [0.29, 0.717) is 24.7 Å². The van der Waals surface area contributed by atoms with Gasteiger partial charge in [0.15, 0.2) is 11.6 Å². The van der Waals surface area contributed by atoms with E-state index in [1.165, 1.54) is 0 Å². The van der Waals surface area contributed by atoms with Crippen molar-refractivity contribution in [3.63, 3.8) is 0 Å². The molecule has 1 saturated heterocycles. The second-order valence-corrected chi connectivity index (χ2v) is 4.09. The van der Waals surface area contributed by atoms with Gasteiger partial charge in [0.05, 0.1) is 13.2 Å². The number of hydrogen-bond donors (Lipinski definition) is 1. The van der Waals surface area contributed by atoms with Crippen molar-refractivity contribution in [3.05, 3.63) is 24.3 Å². The van der Waals surface area contributed by atoms with Crippen LogP contribution in [0.4, 0.5) is 6.01 Å². The second kappa shape index (κ2) is 4.30. The van der Waals surface area contributed by atoms with Gasteiger partial charge in [0, 0.05) is 6.54 Å². The highest BCUT2D eigenvalue weighted by atomic mass is 16.5. The van der Waals surface area contributed by atoms with Crippen molar-refractivity contribution < 1.29 is 19.1 Å². The quantitative estimate of drug-likeness (QED) is 0.858. The van der Waals surface area contributed by atoms with Gasteiger partial charge in [0.1, 0.15) is 5.52 Å². The lowest BCUT2D eigenvalue weighted by Crippen LogP contribution is -2.50. The molecule has 1 aromatic heterocycles. The minimum atomic E-state index is -0.933. The van der Waals surface area contributed by atoms with E-state index < -0.39 is 12.0 Å². The number of nitrogens with zero attached hydrogens (tertiary/aromatic N) is 2. The molecule has 0 radical (unpaired) electrons. The molecule has 2 heterocycles. The second-order valence-electron chi connectivity index (χ2n) is 4.09. The number of hydrogen-bond acceptors (Lipinski definition) is 5. The summed E-state index contributed by atoms with van der Waals surface area (Å²) in [6, 6.07) is 6.95. The summed E-state index contributed by atoms with van der Waals surface area (Å²) >= 11 is 0. The van der Waals surface area contributed by atoms with E-state index in [4.69, 9.17) is 14.3 Å². The molecular weight excluding hydrogens is 236 g/mol. The van der Waals surface area contributed by atoms with Crippen molar-refractivity contribution in [1.82, 2.24) is 4.98 Å². The molecule has 1 N–H and O–H groups in total. The molecule has 1 aliphatic rings. The third-order valence-electron chi connectivity index (χ3n) is 2.94. The van der Waals surface area contributed by atoms with Gasteiger partial charge >= 0.3 is 5.97 Å². The smallest absolute Gasteiger partial charge is 0.328 e. The van der Waals surface area contributed by atoms with Crippen LogP contribution in [-0.2, 0) is 9.53 Å². The lowest BCUT2D eigenvalue weighted by atomic mass is 10.2. The highest BCUT2D eigenvalue weighted by molar-refractivity contribution is 5.79. The first kappa shape index (κ1) is 11.0. The Morgan fingerprint density at radius 1 is 1.44 bits per heavy atom. The Bertz CT molecular complexity index is 547. The minimum absolute atomic E-state index is 0.147.